The van der Waals surface area contributed by atoms with E-state index in [9.17, 15) is 4.79 Å². The number of aryl methyl sites for hydroxylation is 1. The molecule has 4 rings (SSSR count). The van der Waals surface area contributed by atoms with Crippen LogP contribution in [0.25, 0.3) is 11.0 Å². The Labute approximate surface area is 196 Å². The summed E-state index contributed by atoms with van der Waals surface area (Å²) in [6.07, 6.45) is 2.01. The number of piperidine rings is 1. The maximum Gasteiger partial charge on any atom is 0.244 e. The number of amides is 1. The van der Waals surface area contributed by atoms with Crippen molar-refractivity contribution < 1.29 is 4.79 Å². The molecule has 1 amide bonds. The van der Waals surface area contributed by atoms with E-state index in [2.05, 4.69) is 36.6 Å². The smallest absolute Gasteiger partial charge is 0.244 e. The number of nitrogens with zero attached hydrogens (tertiary/aromatic N) is 3. The molecule has 2 aromatic carbocycles. The van der Waals surface area contributed by atoms with Crippen molar-refractivity contribution in [2.24, 2.45) is 5.73 Å². The zero-order valence-electron chi connectivity index (χ0n) is 18.3. The summed E-state index contributed by atoms with van der Waals surface area (Å²) in [5, 5.41) is 0. The summed E-state index contributed by atoms with van der Waals surface area (Å²) in [7, 11) is 0. The summed E-state index contributed by atoms with van der Waals surface area (Å²) in [5.74, 6) is 1.32. The number of aromatic nitrogens is 2. The van der Waals surface area contributed by atoms with Gasteiger partial charge in [-0.25, -0.2) is 4.98 Å². The molecular formula is C24H32Cl2N4O. The summed E-state index contributed by atoms with van der Waals surface area (Å²) in [5.41, 5.74) is 10.6. The minimum Gasteiger partial charge on any atom is -0.340 e. The largest absolute Gasteiger partial charge is 0.340 e. The lowest BCUT2D eigenvalue weighted by atomic mass is 9.95. The second-order valence-electron chi connectivity index (χ2n) is 8.43. The fourth-order valence-electron chi connectivity index (χ4n) is 4.39. The molecule has 31 heavy (non-hydrogen) atoms. The van der Waals surface area contributed by atoms with Crippen LogP contribution >= 0.6 is 24.8 Å². The number of benzene rings is 2. The highest BCUT2D eigenvalue weighted by atomic mass is 35.5. The summed E-state index contributed by atoms with van der Waals surface area (Å²) >= 11 is 0. The van der Waals surface area contributed by atoms with Crippen LogP contribution in [-0.2, 0) is 4.79 Å². The molecule has 3 aromatic rings. The normalized spacial score (nSPS) is 17.2. The topological polar surface area (TPSA) is 64.2 Å². The molecule has 0 saturated carbocycles. The third-order valence-electron chi connectivity index (χ3n) is 5.94. The van der Waals surface area contributed by atoms with E-state index in [1.807, 2.05) is 42.2 Å². The third kappa shape index (κ3) is 5.05. The molecule has 0 radical (unpaired) electrons. The van der Waals surface area contributed by atoms with Gasteiger partial charge >= 0.3 is 0 Å². The van der Waals surface area contributed by atoms with E-state index in [1.165, 1.54) is 5.56 Å². The Kier molecular flexibility index (Phi) is 8.52. The number of likely N-dealkylation sites (tertiary alicyclic amines) is 1. The molecule has 0 aliphatic carbocycles. The summed E-state index contributed by atoms with van der Waals surface area (Å²) < 4.78 is 2.33. The van der Waals surface area contributed by atoms with Crippen LogP contribution in [-0.4, -0.2) is 33.4 Å². The molecule has 1 aromatic heterocycles. The second kappa shape index (κ2) is 10.5. The van der Waals surface area contributed by atoms with Crippen molar-refractivity contribution in [2.45, 2.75) is 51.6 Å². The number of fused-ring (bicyclic) bond motifs is 1. The fourth-order valence-corrected chi connectivity index (χ4v) is 4.39. The number of carbonyl (C=O) groups is 1. The van der Waals surface area contributed by atoms with Crippen LogP contribution in [0.1, 0.15) is 61.6 Å². The van der Waals surface area contributed by atoms with Crippen LogP contribution in [0.5, 0.6) is 0 Å². The molecule has 5 nitrogen and oxygen atoms in total. The van der Waals surface area contributed by atoms with Crippen LogP contribution in [0.3, 0.4) is 0 Å². The molecule has 168 valence electrons. The predicted molar refractivity (Wildman–Crippen MR) is 131 cm³/mol. The summed E-state index contributed by atoms with van der Waals surface area (Å²) in [4.78, 5) is 20.0. The molecule has 2 atom stereocenters. The maximum absolute atomic E-state index is 13.1. The molecule has 1 aliphatic heterocycles. The molecule has 1 saturated heterocycles. The van der Waals surface area contributed by atoms with E-state index in [0.717, 1.165) is 41.8 Å². The average molecular weight is 463 g/mol. The highest BCUT2D eigenvalue weighted by Gasteiger charge is 2.31. The highest BCUT2D eigenvalue weighted by molar-refractivity contribution is 5.85. The Morgan fingerprint density at radius 1 is 1.10 bits per heavy atom. The first kappa shape index (κ1) is 25.2. The van der Waals surface area contributed by atoms with Crippen molar-refractivity contribution in [1.82, 2.24) is 14.5 Å². The van der Waals surface area contributed by atoms with Gasteiger partial charge in [-0.15, -0.1) is 24.8 Å². The Morgan fingerprint density at radius 2 is 1.77 bits per heavy atom. The van der Waals surface area contributed by atoms with Crippen molar-refractivity contribution in [3.63, 3.8) is 0 Å². The van der Waals surface area contributed by atoms with Gasteiger partial charge in [-0.05, 0) is 51.3 Å². The van der Waals surface area contributed by atoms with Gasteiger partial charge in [0.1, 0.15) is 11.9 Å². The lowest BCUT2D eigenvalue weighted by Crippen LogP contribution is -2.44. The van der Waals surface area contributed by atoms with Gasteiger partial charge in [-0.2, -0.15) is 0 Å². The minimum absolute atomic E-state index is 0. The second-order valence-corrected chi connectivity index (χ2v) is 8.43. The Morgan fingerprint density at radius 3 is 2.45 bits per heavy atom. The van der Waals surface area contributed by atoms with Gasteiger partial charge in [-0.3, -0.25) is 4.79 Å². The first-order valence-electron chi connectivity index (χ1n) is 10.5. The standard InChI is InChI=1S/C24H30N4O.2ClH/c1-16(2)28-21-9-5-4-8-20(21)26-23(28)19-7-6-14-27(15-19)24(29)22(25)18-12-10-17(3)11-13-18;;/h4-5,8-13,16,19,22H,6-7,14-15,25H2,1-3H3;2*1H. The van der Waals surface area contributed by atoms with E-state index in [0.29, 0.717) is 12.6 Å². The number of halogens is 2. The number of nitrogens with two attached hydrogens (primary N) is 1. The molecule has 0 bridgehead atoms. The first-order chi connectivity index (χ1) is 14.0. The zero-order valence-corrected chi connectivity index (χ0v) is 20.0. The van der Waals surface area contributed by atoms with E-state index in [4.69, 9.17) is 10.7 Å². The fraction of sp³-hybridized carbons (Fsp3) is 0.417. The molecular weight excluding hydrogens is 431 g/mol. The SMILES string of the molecule is Cc1ccc(C(N)C(=O)N2CCCC(c3nc4ccccc4n3C(C)C)C2)cc1.Cl.Cl. The number of hydrogen-bond acceptors (Lipinski definition) is 3. The lowest BCUT2D eigenvalue weighted by molar-refractivity contribution is -0.134. The van der Waals surface area contributed by atoms with Gasteiger partial charge in [0.25, 0.3) is 0 Å². The molecule has 0 spiro atoms. The van der Waals surface area contributed by atoms with Gasteiger partial charge in [0.15, 0.2) is 0 Å². The molecule has 7 heteroatoms. The van der Waals surface area contributed by atoms with Crippen molar-refractivity contribution in [2.75, 3.05) is 13.1 Å². The van der Waals surface area contributed by atoms with E-state index in [-0.39, 0.29) is 36.6 Å². The van der Waals surface area contributed by atoms with Crippen molar-refractivity contribution in [3.8, 4) is 0 Å². The van der Waals surface area contributed by atoms with Crippen molar-refractivity contribution in [1.29, 1.82) is 0 Å². The van der Waals surface area contributed by atoms with Crippen molar-refractivity contribution >= 4 is 41.8 Å². The van der Waals surface area contributed by atoms with Gasteiger partial charge in [-0.1, -0.05) is 42.0 Å². The van der Waals surface area contributed by atoms with Crippen LogP contribution in [0.2, 0.25) is 0 Å². The molecule has 1 fully saturated rings. The van der Waals surface area contributed by atoms with Gasteiger partial charge in [0.05, 0.1) is 11.0 Å². The van der Waals surface area contributed by atoms with E-state index >= 15 is 0 Å². The first-order valence-corrected chi connectivity index (χ1v) is 10.5. The molecule has 2 heterocycles. The number of hydrogen-bond donors (Lipinski definition) is 1. The average Bonchev–Trinajstić information content (AvgIpc) is 3.13. The molecule has 1 aliphatic rings. The number of para-hydroxylation sites is 2. The zero-order chi connectivity index (χ0) is 20.5. The predicted octanol–water partition coefficient (Wildman–Crippen LogP) is 5.18. The molecule has 2 N–H and O–H groups in total. The van der Waals surface area contributed by atoms with Crippen molar-refractivity contribution in [3.05, 3.63) is 65.5 Å². The quantitative estimate of drug-likeness (QED) is 0.580. The van der Waals surface area contributed by atoms with Crippen LogP contribution in [0.15, 0.2) is 48.5 Å². The lowest BCUT2D eigenvalue weighted by Gasteiger charge is -2.34. The van der Waals surface area contributed by atoms with E-state index in [1.54, 1.807) is 0 Å². The Hall–Kier alpha value is -2.08. The summed E-state index contributed by atoms with van der Waals surface area (Å²) in [6, 6.07) is 15.9. The number of imidazole rings is 1. The van der Waals surface area contributed by atoms with Crippen LogP contribution in [0.4, 0.5) is 0 Å². The maximum atomic E-state index is 13.1. The van der Waals surface area contributed by atoms with Crippen LogP contribution in [0, 0.1) is 6.92 Å². The number of carbonyl (C=O) groups excluding carboxylic acids is 1. The summed E-state index contributed by atoms with van der Waals surface area (Å²) in [6.45, 7) is 7.85. The van der Waals surface area contributed by atoms with Crippen LogP contribution < -0.4 is 5.73 Å². The highest BCUT2D eigenvalue weighted by Crippen LogP contribution is 2.32. The van der Waals surface area contributed by atoms with E-state index < -0.39 is 6.04 Å². The molecule has 2 unspecified atom stereocenters. The Balaban J connectivity index is 0.00000171. The van der Waals surface area contributed by atoms with Gasteiger partial charge in [0.2, 0.25) is 5.91 Å². The number of rotatable bonds is 4. The van der Waals surface area contributed by atoms with Gasteiger partial charge < -0.3 is 15.2 Å². The van der Waals surface area contributed by atoms with Gasteiger partial charge in [0, 0.05) is 25.0 Å². The minimum atomic E-state index is -0.613. The Bertz CT molecular complexity index is 1020. The third-order valence-corrected chi connectivity index (χ3v) is 5.94. The monoisotopic (exact) mass is 462 g/mol.